The first-order chi connectivity index (χ1) is 13.2. The van der Waals surface area contributed by atoms with E-state index in [1.54, 1.807) is 6.92 Å². The number of carbonyl (C=O) groups excluding carboxylic acids is 1. The summed E-state index contributed by atoms with van der Waals surface area (Å²) >= 11 is 0. The maximum absolute atomic E-state index is 12.8. The molecule has 154 valence electrons. The fourth-order valence-electron chi connectivity index (χ4n) is 3.71. The molecular formula is C19H26N2O6S. The second-order valence-electron chi connectivity index (χ2n) is 7.38. The highest BCUT2D eigenvalue weighted by molar-refractivity contribution is 7.89. The molecule has 0 aliphatic heterocycles. The monoisotopic (exact) mass is 410 g/mol. The average Bonchev–Trinajstić information content (AvgIpc) is 2.94. The Hall–Kier alpha value is -2.13. The van der Waals surface area contributed by atoms with Gasteiger partial charge in [-0.25, -0.2) is 17.9 Å². The largest absolute Gasteiger partial charge is 0.465 e. The van der Waals surface area contributed by atoms with Crippen LogP contribution in [0.1, 0.15) is 40.0 Å². The molecule has 1 fully saturated rings. The predicted octanol–water partition coefficient (Wildman–Crippen LogP) is 2.26. The molecule has 1 aromatic carbocycles. The van der Waals surface area contributed by atoms with Crippen LogP contribution in [0.5, 0.6) is 0 Å². The molecule has 3 atom stereocenters. The fraction of sp³-hybridized carbons (Fsp3) is 0.579. The number of hydrogen-bond acceptors (Lipinski definition) is 6. The van der Waals surface area contributed by atoms with Crippen molar-refractivity contribution in [3.8, 4) is 0 Å². The van der Waals surface area contributed by atoms with E-state index in [-0.39, 0.29) is 35.6 Å². The van der Waals surface area contributed by atoms with Crippen LogP contribution in [0.3, 0.4) is 0 Å². The molecular weight excluding hydrogens is 384 g/mol. The first-order valence-electron chi connectivity index (χ1n) is 9.54. The molecule has 0 amide bonds. The summed E-state index contributed by atoms with van der Waals surface area (Å²) in [5.74, 6) is -0.596. The smallest absolute Gasteiger partial charge is 0.420 e. The van der Waals surface area contributed by atoms with E-state index in [2.05, 4.69) is 18.6 Å². The van der Waals surface area contributed by atoms with Crippen molar-refractivity contribution in [2.45, 2.75) is 57.5 Å². The lowest BCUT2D eigenvalue weighted by atomic mass is 9.78. The minimum Gasteiger partial charge on any atom is -0.465 e. The Kier molecular flexibility index (Phi) is 5.95. The summed E-state index contributed by atoms with van der Waals surface area (Å²) in [4.78, 5) is 23.8. The highest BCUT2D eigenvalue weighted by atomic mass is 32.2. The third-order valence-electron chi connectivity index (χ3n) is 5.56. The second-order valence-corrected chi connectivity index (χ2v) is 9.10. The van der Waals surface area contributed by atoms with Crippen molar-refractivity contribution < 1.29 is 22.4 Å². The third-order valence-corrected chi connectivity index (χ3v) is 7.04. The summed E-state index contributed by atoms with van der Waals surface area (Å²) in [6.07, 6.45) is 2.89. The van der Waals surface area contributed by atoms with Gasteiger partial charge in [-0.1, -0.05) is 26.7 Å². The summed E-state index contributed by atoms with van der Waals surface area (Å²) in [6, 6.07) is 4.08. The Morgan fingerprint density at radius 2 is 2.07 bits per heavy atom. The molecule has 1 saturated carbocycles. The first kappa shape index (κ1) is 20.6. The molecule has 1 N–H and O–H groups in total. The van der Waals surface area contributed by atoms with E-state index in [9.17, 15) is 18.0 Å². The number of carbonyl (C=O) groups is 1. The molecule has 1 aliphatic rings. The molecule has 9 heteroatoms. The van der Waals surface area contributed by atoms with Crippen molar-refractivity contribution in [2.24, 2.45) is 11.8 Å². The lowest BCUT2D eigenvalue weighted by Crippen LogP contribution is -2.43. The second kappa shape index (κ2) is 8.08. The van der Waals surface area contributed by atoms with Gasteiger partial charge in [0.1, 0.15) is 6.54 Å². The number of hydrogen-bond donors (Lipinski definition) is 1. The lowest BCUT2D eigenvalue weighted by molar-refractivity contribution is -0.143. The molecule has 0 saturated heterocycles. The minimum absolute atomic E-state index is 0.0301. The number of sulfonamides is 1. The van der Waals surface area contributed by atoms with Gasteiger partial charge in [-0.3, -0.25) is 9.36 Å². The van der Waals surface area contributed by atoms with Crippen molar-refractivity contribution in [3.05, 3.63) is 28.7 Å². The Morgan fingerprint density at radius 1 is 1.32 bits per heavy atom. The van der Waals surface area contributed by atoms with Crippen LogP contribution in [0.25, 0.3) is 11.1 Å². The molecule has 1 heterocycles. The van der Waals surface area contributed by atoms with Gasteiger partial charge in [0, 0.05) is 12.1 Å². The van der Waals surface area contributed by atoms with Gasteiger partial charge < -0.3 is 9.15 Å². The van der Waals surface area contributed by atoms with Crippen molar-refractivity contribution in [3.63, 3.8) is 0 Å². The van der Waals surface area contributed by atoms with E-state index in [4.69, 9.17) is 9.15 Å². The number of nitrogens with one attached hydrogen (secondary N) is 1. The molecule has 0 radical (unpaired) electrons. The lowest BCUT2D eigenvalue weighted by Gasteiger charge is -2.34. The van der Waals surface area contributed by atoms with E-state index in [1.165, 1.54) is 18.2 Å². The van der Waals surface area contributed by atoms with Gasteiger partial charge >= 0.3 is 11.7 Å². The maximum Gasteiger partial charge on any atom is 0.420 e. The van der Waals surface area contributed by atoms with Crippen LogP contribution in [-0.4, -0.2) is 31.6 Å². The van der Waals surface area contributed by atoms with Crippen LogP contribution in [-0.2, 0) is 26.1 Å². The molecule has 0 spiro atoms. The topological polar surface area (TPSA) is 108 Å². The van der Waals surface area contributed by atoms with Gasteiger partial charge in [-0.05, 0) is 37.3 Å². The summed E-state index contributed by atoms with van der Waals surface area (Å²) < 4.78 is 39.6. The van der Waals surface area contributed by atoms with E-state index in [0.717, 1.165) is 23.8 Å². The first-order valence-corrected chi connectivity index (χ1v) is 11.0. The van der Waals surface area contributed by atoms with E-state index < -0.39 is 21.7 Å². The number of esters is 1. The van der Waals surface area contributed by atoms with E-state index in [1.807, 2.05) is 0 Å². The van der Waals surface area contributed by atoms with Crippen LogP contribution < -0.4 is 10.5 Å². The zero-order valence-electron chi connectivity index (χ0n) is 16.3. The van der Waals surface area contributed by atoms with Crippen LogP contribution >= 0.6 is 0 Å². The predicted molar refractivity (Wildman–Crippen MR) is 103 cm³/mol. The van der Waals surface area contributed by atoms with Crippen molar-refractivity contribution in [1.29, 1.82) is 0 Å². The molecule has 0 unspecified atom stereocenters. The third kappa shape index (κ3) is 4.15. The number of rotatable bonds is 6. The van der Waals surface area contributed by atoms with Crippen molar-refractivity contribution in [1.82, 2.24) is 9.29 Å². The number of nitrogens with zero attached hydrogens (tertiary/aromatic N) is 1. The van der Waals surface area contributed by atoms with Gasteiger partial charge in [0.2, 0.25) is 10.0 Å². The Labute approximate surface area is 163 Å². The summed E-state index contributed by atoms with van der Waals surface area (Å²) in [5, 5.41) is 0. The zero-order chi connectivity index (χ0) is 20.5. The van der Waals surface area contributed by atoms with Gasteiger partial charge in [0.15, 0.2) is 5.58 Å². The van der Waals surface area contributed by atoms with Crippen LogP contribution in [0.2, 0.25) is 0 Å². The maximum atomic E-state index is 12.8. The van der Waals surface area contributed by atoms with Crippen LogP contribution in [0.15, 0.2) is 32.3 Å². The molecule has 1 aromatic heterocycles. The summed E-state index contributed by atoms with van der Waals surface area (Å²) in [6.45, 7) is 5.79. The number of benzene rings is 1. The summed E-state index contributed by atoms with van der Waals surface area (Å²) in [5.41, 5.74) is 0.457. The van der Waals surface area contributed by atoms with E-state index >= 15 is 0 Å². The van der Waals surface area contributed by atoms with Crippen LogP contribution in [0, 0.1) is 11.8 Å². The van der Waals surface area contributed by atoms with Crippen molar-refractivity contribution in [2.75, 3.05) is 6.61 Å². The fourth-order valence-corrected chi connectivity index (χ4v) is 5.09. The van der Waals surface area contributed by atoms with Gasteiger partial charge in [-0.2, -0.15) is 0 Å². The molecule has 28 heavy (non-hydrogen) atoms. The van der Waals surface area contributed by atoms with Gasteiger partial charge in [0.25, 0.3) is 0 Å². The standard InChI is InChI=1S/C19H26N2O6S/c1-4-26-18(22)11-21-16-9-8-14(10-17(16)27-19(21)23)28(24,25)20-15-7-5-6-12(2)13(15)3/h8-10,12-13,15,20H,4-7,11H2,1-3H3/t12-,13+,15-/m1/s1. The Morgan fingerprint density at radius 3 is 2.79 bits per heavy atom. The molecule has 8 nitrogen and oxygen atoms in total. The molecule has 3 rings (SSSR count). The Bertz CT molecular complexity index is 1020. The normalized spacial score (nSPS) is 23.0. The van der Waals surface area contributed by atoms with Crippen molar-refractivity contribution >= 4 is 27.1 Å². The summed E-state index contributed by atoms with van der Waals surface area (Å²) in [7, 11) is -3.76. The average molecular weight is 410 g/mol. The SMILES string of the molecule is CCOC(=O)Cn1c(=O)oc2cc(S(=O)(=O)N[C@@H]3CCC[C@@H](C)[C@@H]3C)ccc21. The highest BCUT2D eigenvalue weighted by Gasteiger charge is 2.31. The highest BCUT2D eigenvalue weighted by Crippen LogP contribution is 2.30. The number of ether oxygens (including phenoxy) is 1. The Balaban J connectivity index is 1.87. The minimum atomic E-state index is -3.76. The quantitative estimate of drug-likeness (QED) is 0.732. The van der Waals surface area contributed by atoms with E-state index in [0.29, 0.717) is 11.4 Å². The zero-order valence-corrected chi connectivity index (χ0v) is 17.1. The number of aromatic nitrogens is 1. The molecule has 0 bridgehead atoms. The van der Waals surface area contributed by atoms with Crippen LogP contribution in [0.4, 0.5) is 0 Å². The van der Waals surface area contributed by atoms with Gasteiger partial charge in [-0.15, -0.1) is 0 Å². The molecule has 2 aromatic rings. The molecule has 1 aliphatic carbocycles. The van der Waals surface area contributed by atoms with Gasteiger partial charge in [0.05, 0.1) is 17.0 Å². The number of fused-ring (bicyclic) bond motifs is 1. The number of oxazole rings is 1.